The van der Waals surface area contributed by atoms with E-state index in [0.29, 0.717) is 12.1 Å². The lowest BCUT2D eigenvalue weighted by atomic mass is 10.1. The summed E-state index contributed by atoms with van der Waals surface area (Å²) in [7, 11) is 0. The van der Waals surface area contributed by atoms with Gasteiger partial charge in [0.25, 0.3) is 5.91 Å². The topological polar surface area (TPSA) is 63.6 Å². The van der Waals surface area contributed by atoms with E-state index in [-0.39, 0.29) is 23.6 Å². The Bertz CT molecular complexity index is 1060. The molecular weight excluding hydrogens is 407 g/mol. The SMILES string of the molecule is C/C=C(\C)COc1ccc(C(F)(F)F)cc1NC(=O)c1ccnc(C2=NC=CCC2)c1. The maximum absolute atomic E-state index is 13.2. The van der Waals surface area contributed by atoms with Crippen LogP contribution in [0.1, 0.15) is 48.3 Å². The van der Waals surface area contributed by atoms with Crippen molar-refractivity contribution in [2.24, 2.45) is 4.99 Å². The molecule has 0 saturated heterocycles. The third-order valence-electron chi connectivity index (χ3n) is 4.70. The molecule has 2 aromatic rings. The fourth-order valence-electron chi connectivity index (χ4n) is 2.82. The Morgan fingerprint density at radius 3 is 2.74 bits per heavy atom. The summed E-state index contributed by atoms with van der Waals surface area (Å²) < 4.78 is 45.2. The zero-order chi connectivity index (χ0) is 22.4. The van der Waals surface area contributed by atoms with Crippen molar-refractivity contribution < 1.29 is 22.7 Å². The van der Waals surface area contributed by atoms with Crippen molar-refractivity contribution in [3.8, 4) is 5.75 Å². The molecule has 2 heterocycles. The smallest absolute Gasteiger partial charge is 0.416 e. The number of rotatable bonds is 6. The van der Waals surface area contributed by atoms with Crippen molar-refractivity contribution in [3.63, 3.8) is 0 Å². The van der Waals surface area contributed by atoms with Crippen molar-refractivity contribution in [2.75, 3.05) is 11.9 Å². The largest absolute Gasteiger partial charge is 0.487 e. The number of amides is 1. The van der Waals surface area contributed by atoms with Crippen LogP contribution >= 0.6 is 0 Å². The fraction of sp³-hybridized carbons (Fsp3) is 0.261. The molecule has 0 unspecified atom stereocenters. The van der Waals surface area contributed by atoms with Crippen molar-refractivity contribution >= 4 is 17.3 Å². The lowest BCUT2D eigenvalue weighted by Gasteiger charge is -2.16. The Hall–Kier alpha value is -3.42. The highest BCUT2D eigenvalue weighted by atomic mass is 19.4. The van der Waals surface area contributed by atoms with Gasteiger partial charge in [-0.1, -0.05) is 12.2 Å². The number of nitrogens with one attached hydrogen (secondary N) is 1. The summed E-state index contributed by atoms with van der Waals surface area (Å²) in [5, 5.41) is 2.55. The molecule has 1 aromatic carbocycles. The first-order valence-corrected chi connectivity index (χ1v) is 9.73. The van der Waals surface area contributed by atoms with Crippen LogP contribution in [0.3, 0.4) is 0 Å². The van der Waals surface area contributed by atoms with E-state index in [9.17, 15) is 18.0 Å². The number of anilines is 1. The molecule has 8 heteroatoms. The molecule has 3 rings (SSSR count). The molecule has 0 fully saturated rings. The lowest BCUT2D eigenvalue weighted by Crippen LogP contribution is -2.16. The predicted octanol–water partition coefficient (Wildman–Crippen LogP) is 5.79. The molecule has 0 radical (unpaired) electrons. The van der Waals surface area contributed by atoms with Gasteiger partial charge in [0.1, 0.15) is 12.4 Å². The molecule has 1 N–H and O–H groups in total. The van der Waals surface area contributed by atoms with E-state index in [0.717, 1.165) is 29.8 Å². The van der Waals surface area contributed by atoms with Crippen molar-refractivity contribution in [1.82, 2.24) is 4.98 Å². The number of aromatic nitrogens is 1. The van der Waals surface area contributed by atoms with Crippen LogP contribution in [-0.4, -0.2) is 23.2 Å². The Morgan fingerprint density at radius 1 is 1.26 bits per heavy atom. The highest BCUT2D eigenvalue weighted by Crippen LogP contribution is 2.35. The molecular formula is C23H22F3N3O2. The number of benzene rings is 1. The van der Waals surface area contributed by atoms with E-state index in [2.05, 4.69) is 15.3 Å². The normalized spacial score (nSPS) is 14.2. The van der Waals surface area contributed by atoms with Gasteiger partial charge in [0.15, 0.2) is 0 Å². The molecule has 1 aliphatic rings. The second kappa shape index (κ2) is 9.59. The Labute approximate surface area is 178 Å². The Morgan fingerprint density at radius 2 is 2.06 bits per heavy atom. The molecule has 1 amide bonds. The number of halogens is 3. The first-order chi connectivity index (χ1) is 14.8. The van der Waals surface area contributed by atoms with Crippen LogP contribution in [0.4, 0.5) is 18.9 Å². The van der Waals surface area contributed by atoms with E-state index in [1.54, 1.807) is 12.3 Å². The van der Waals surface area contributed by atoms with E-state index in [1.807, 2.05) is 26.0 Å². The Kier molecular flexibility index (Phi) is 6.89. The van der Waals surface area contributed by atoms with Crippen molar-refractivity contribution in [3.05, 3.63) is 77.3 Å². The minimum Gasteiger partial charge on any atom is -0.487 e. The molecule has 0 bridgehead atoms. The van der Waals surface area contributed by atoms with E-state index >= 15 is 0 Å². The van der Waals surface area contributed by atoms with Crippen LogP contribution < -0.4 is 10.1 Å². The van der Waals surface area contributed by atoms with Crippen LogP contribution in [-0.2, 0) is 6.18 Å². The van der Waals surface area contributed by atoms with Gasteiger partial charge in [-0.2, -0.15) is 13.2 Å². The lowest BCUT2D eigenvalue weighted by molar-refractivity contribution is -0.137. The molecule has 5 nitrogen and oxygen atoms in total. The highest BCUT2D eigenvalue weighted by molar-refractivity contribution is 6.07. The Balaban J connectivity index is 1.88. The van der Waals surface area contributed by atoms with Gasteiger partial charge in [0.05, 0.1) is 22.7 Å². The van der Waals surface area contributed by atoms with Crippen LogP contribution in [0, 0.1) is 0 Å². The first kappa shape index (κ1) is 22.3. The van der Waals surface area contributed by atoms with Gasteiger partial charge in [-0.05, 0) is 62.6 Å². The van der Waals surface area contributed by atoms with Gasteiger partial charge < -0.3 is 10.1 Å². The summed E-state index contributed by atoms with van der Waals surface area (Å²) in [6, 6.07) is 6.08. The summed E-state index contributed by atoms with van der Waals surface area (Å²) in [4.78, 5) is 21.3. The average Bonchev–Trinajstić information content (AvgIpc) is 2.78. The van der Waals surface area contributed by atoms with E-state index < -0.39 is 17.6 Å². The summed E-state index contributed by atoms with van der Waals surface area (Å²) in [5.41, 5.74) is 1.54. The number of ether oxygens (including phenoxy) is 1. The molecule has 0 spiro atoms. The standard InChI is InChI=1S/C23H22F3N3O2/c1-3-15(2)14-31-21-8-7-17(23(24,25)26)13-20(21)29-22(30)16-9-11-28-19(12-16)18-6-4-5-10-27-18/h3,5,7-13H,4,6,14H2,1-2H3,(H,29,30)/b15-3+. The van der Waals surface area contributed by atoms with Crippen LogP contribution in [0.2, 0.25) is 0 Å². The van der Waals surface area contributed by atoms with Gasteiger partial charge in [0, 0.05) is 18.0 Å². The van der Waals surface area contributed by atoms with E-state index in [1.165, 1.54) is 18.3 Å². The van der Waals surface area contributed by atoms with Crippen LogP contribution in [0.25, 0.3) is 0 Å². The maximum atomic E-state index is 13.2. The number of carbonyl (C=O) groups is 1. The summed E-state index contributed by atoms with van der Waals surface area (Å²) in [6.07, 6.45) is 3.91. The first-order valence-electron chi connectivity index (χ1n) is 9.73. The molecule has 0 aliphatic carbocycles. The zero-order valence-corrected chi connectivity index (χ0v) is 17.2. The minimum absolute atomic E-state index is 0.0555. The zero-order valence-electron chi connectivity index (χ0n) is 17.2. The van der Waals surface area contributed by atoms with Gasteiger partial charge in [0.2, 0.25) is 0 Å². The number of aliphatic imine (C=N–C) groups is 1. The molecule has 31 heavy (non-hydrogen) atoms. The molecule has 1 aromatic heterocycles. The average molecular weight is 429 g/mol. The number of carbonyl (C=O) groups excluding carboxylic acids is 1. The van der Waals surface area contributed by atoms with Gasteiger partial charge in [-0.3, -0.25) is 14.8 Å². The monoisotopic (exact) mass is 429 g/mol. The van der Waals surface area contributed by atoms with Gasteiger partial charge in [-0.15, -0.1) is 0 Å². The summed E-state index contributed by atoms with van der Waals surface area (Å²) in [5.74, 6) is -0.416. The number of hydrogen-bond acceptors (Lipinski definition) is 4. The van der Waals surface area contributed by atoms with Crippen LogP contribution in [0.15, 0.2) is 65.4 Å². The quantitative estimate of drug-likeness (QED) is 0.591. The molecule has 0 atom stereocenters. The molecule has 162 valence electrons. The summed E-state index contributed by atoms with van der Waals surface area (Å²) >= 11 is 0. The summed E-state index contributed by atoms with van der Waals surface area (Å²) in [6.45, 7) is 3.86. The number of pyridine rings is 1. The second-order valence-corrected chi connectivity index (χ2v) is 7.02. The third kappa shape index (κ3) is 5.81. The highest BCUT2D eigenvalue weighted by Gasteiger charge is 2.31. The van der Waals surface area contributed by atoms with Crippen molar-refractivity contribution in [2.45, 2.75) is 32.9 Å². The molecule has 0 saturated carbocycles. The number of hydrogen-bond donors (Lipinski definition) is 1. The maximum Gasteiger partial charge on any atom is 0.416 e. The van der Waals surface area contributed by atoms with E-state index in [4.69, 9.17) is 4.74 Å². The van der Waals surface area contributed by atoms with Gasteiger partial charge >= 0.3 is 6.18 Å². The van der Waals surface area contributed by atoms with Gasteiger partial charge in [-0.25, -0.2) is 0 Å². The number of nitrogens with zero attached hydrogens (tertiary/aromatic N) is 2. The minimum atomic E-state index is -4.55. The predicted molar refractivity (Wildman–Crippen MR) is 113 cm³/mol. The second-order valence-electron chi connectivity index (χ2n) is 7.02. The van der Waals surface area contributed by atoms with Crippen LogP contribution in [0.5, 0.6) is 5.75 Å². The fourth-order valence-corrected chi connectivity index (χ4v) is 2.82. The molecule has 1 aliphatic heterocycles. The third-order valence-corrected chi connectivity index (χ3v) is 4.70. The number of allylic oxidation sites excluding steroid dienone is 2. The number of alkyl halides is 3. The van der Waals surface area contributed by atoms with Crippen molar-refractivity contribution in [1.29, 1.82) is 0 Å².